The van der Waals surface area contributed by atoms with E-state index in [9.17, 15) is 0 Å². The molecule has 0 N–H and O–H groups in total. The first-order valence-corrected chi connectivity index (χ1v) is 6.94. The number of benzene rings is 1. The van der Waals surface area contributed by atoms with Crippen molar-refractivity contribution in [1.29, 1.82) is 0 Å². The summed E-state index contributed by atoms with van der Waals surface area (Å²) in [5.41, 5.74) is 2.52. The van der Waals surface area contributed by atoms with Gasteiger partial charge in [0.05, 0.1) is 11.9 Å². The number of fused-ring (bicyclic) bond motifs is 1. The maximum Gasteiger partial charge on any atom is 0.109 e. The molecule has 0 bridgehead atoms. The van der Waals surface area contributed by atoms with Crippen LogP contribution < -0.4 is 12.4 Å². The second kappa shape index (κ2) is 5.89. The van der Waals surface area contributed by atoms with E-state index >= 15 is 0 Å². The van der Waals surface area contributed by atoms with Crippen molar-refractivity contribution < 1.29 is 12.4 Å². The van der Waals surface area contributed by atoms with Crippen molar-refractivity contribution in [2.24, 2.45) is 0 Å². The summed E-state index contributed by atoms with van der Waals surface area (Å²) in [5, 5.41) is 0. The van der Waals surface area contributed by atoms with Crippen LogP contribution in [-0.4, -0.2) is 9.55 Å². The number of imidazole rings is 1. The van der Waals surface area contributed by atoms with E-state index in [0.29, 0.717) is 0 Å². The Morgan fingerprint density at radius 3 is 2.61 bits per heavy atom. The first-order chi connectivity index (χ1) is 8.34. The van der Waals surface area contributed by atoms with Crippen molar-refractivity contribution in [3.05, 3.63) is 40.8 Å². The summed E-state index contributed by atoms with van der Waals surface area (Å²) in [5.74, 6) is 1.25. The van der Waals surface area contributed by atoms with Crippen LogP contribution in [0.4, 0.5) is 0 Å². The second-order valence-electron chi connectivity index (χ2n) is 4.53. The molecule has 0 atom stereocenters. The highest BCUT2D eigenvalue weighted by molar-refractivity contribution is 9.10. The van der Waals surface area contributed by atoms with Crippen molar-refractivity contribution in [1.82, 2.24) is 9.55 Å². The lowest BCUT2D eigenvalue weighted by molar-refractivity contribution is -0.00000340. The molecule has 2 heterocycles. The van der Waals surface area contributed by atoms with Gasteiger partial charge in [-0.2, -0.15) is 0 Å². The third-order valence-electron chi connectivity index (χ3n) is 3.36. The van der Waals surface area contributed by atoms with E-state index in [2.05, 4.69) is 49.7 Å². The molecular weight excluding hydrogens is 312 g/mol. The normalized spacial score (nSPS) is 14.5. The van der Waals surface area contributed by atoms with Gasteiger partial charge >= 0.3 is 0 Å². The minimum Gasteiger partial charge on any atom is -1.00 e. The summed E-state index contributed by atoms with van der Waals surface area (Å²) in [6.07, 6.45) is 7.01. The molecule has 3 rings (SSSR count). The molecule has 1 aliphatic heterocycles. The Balaban J connectivity index is 0.00000120. The fraction of sp³-hybridized carbons (Fsp3) is 0.357. The topological polar surface area (TPSA) is 17.8 Å². The van der Waals surface area contributed by atoms with Gasteiger partial charge in [-0.15, -0.1) is 0 Å². The molecule has 0 unspecified atom stereocenters. The van der Waals surface area contributed by atoms with Crippen molar-refractivity contribution >= 4 is 15.9 Å². The highest BCUT2D eigenvalue weighted by Crippen LogP contribution is 2.25. The molecule has 2 aromatic rings. The smallest absolute Gasteiger partial charge is 0.109 e. The number of rotatable bonds is 1. The zero-order valence-electron chi connectivity index (χ0n) is 10.1. The third kappa shape index (κ3) is 2.62. The first-order valence-electron chi connectivity index (χ1n) is 6.15. The zero-order valence-corrected chi connectivity index (χ0v) is 12.4. The summed E-state index contributed by atoms with van der Waals surface area (Å²) in [4.78, 5) is 4.57. The Bertz CT molecular complexity index is 519. The van der Waals surface area contributed by atoms with E-state index in [1.165, 1.54) is 36.3 Å². The lowest BCUT2D eigenvalue weighted by atomic mass is 10.1. The number of halogens is 2. The highest BCUT2D eigenvalue weighted by atomic mass is 79.9. The molecule has 0 fully saturated rings. The van der Waals surface area contributed by atoms with E-state index in [4.69, 9.17) is 0 Å². The Hall–Kier alpha value is -0.800. The average Bonchev–Trinajstić information content (AvgIpc) is 2.60. The lowest BCUT2D eigenvalue weighted by Gasteiger charge is -2.08. The van der Waals surface area contributed by atoms with Crippen LogP contribution in [0, 0.1) is 0 Å². The van der Waals surface area contributed by atoms with Gasteiger partial charge in [-0.1, -0.05) is 34.5 Å². The van der Waals surface area contributed by atoms with Crippen molar-refractivity contribution in [2.45, 2.75) is 32.2 Å². The first kappa shape index (κ1) is 13.6. The summed E-state index contributed by atoms with van der Waals surface area (Å²) < 4.78 is 3.51. The molecule has 96 valence electrons. The van der Waals surface area contributed by atoms with E-state index in [-0.39, 0.29) is 12.4 Å². The van der Waals surface area contributed by atoms with Gasteiger partial charge in [0.15, 0.2) is 0 Å². The van der Waals surface area contributed by atoms with Crippen LogP contribution in [0.3, 0.4) is 0 Å². The van der Waals surface area contributed by atoms with Crippen LogP contribution in [0.15, 0.2) is 34.9 Å². The molecule has 0 aliphatic carbocycles. The SMILES string of the molecule is Brc1ccc(-c2cnc3n2CCCCC3)cc1.[Cl-]. The van der Waals surface area contributed by atoms with Crippen LogP contribution in [0.1, 0.15) is 25.1 Å². The number of hydrogen-bond acceptors (Lipinski definition) is 1. The quantitative estimate of drug-likeness (QED) is 0.766. The highest BCUT2D eigenvalue weighted by Gasteiger charge is 2.13. The largest absolute Gasteiger partial charge is 1.00 e. The van der Waals surface area contributed by atoms with Crippen molar-refractivity contribution in [2.75, 3.05) is 0 Å². The molecular formula is C14H15BrClN2-. The Labute approximate surface area is 122 Å². The number of hydrogen-bond donors (Lipinski definition) is 0. The van der Waals surface area contributed by atoms with Crippen molar-refractivity contribution in [3.8, 4) is 11.3 Å². The van der Waals surface area contributed by atoms with E-state index in [1.54, 1.807) is 0 Å². The molecule has 1 aliphatic rings. The zero-order chi connectivity index (χ0) is 11.7. The van der Waals surface area contributed by atoms with Gasteiger partial charge in [0.1, 0.15) is 5.82 Å². The minimum absolute atomic E-state index is 0. The summed E-state index contributed by atoms with van der Waals surface area (Å²) in [6, 6.07) is 8.48. The number of aryl methyl sites for hydroxylation is 1. The van der Waals surface area contributed by atoms with Crippen LogP contribution in [0.2, 0.25) is 0 Å². The van der Waals surface area contributed by atoms with Gasteiger partial charge < -0.3 is 17.0 Å². The standard InChI is InChI=1S/C14H15BrN2.ClH/c15-12-7-5-11(6-8-12)13-10-16-14-4-2-1-3-9-17(13)14;/h5-8,10H,1-4,9H2;1H/p-1. The van der Waals surface area contributed by atoms with E-state index in [1.807, 2.05) is 6.20 Å². The van der Waals surface area contributed by atoms with Crippen LogP contribution in [-0.2, 0) is 13.0 Å². The molecule has 0 spiro atoms. The molecule has 1 aromatic heterocycles. The maximum absolute atomic E-state index is 4.57. The minimum atomic E-state index is 0. The summed E-state index contributed by atoms with van der Waals surface area (Å²) >= 11 is 3.47. The van der Waals surface area contributed by atoms with Gasteiger partial charge in [0.25, 0.3) is 0 Å². The summed E-state index contributed by atoms with van der Waals surface area (Å²) in [6.45, 7) is 1.11. The molecule has 0 amide bonds. The van der Waals surface area contributed by atoms with Gasteiger partial charge in [-0.3, -0.25) is 0 Å². The predicted molar refractivity (Wildman–Crippen MR) is 72.9 cm³/mol. The van der Waals surface area contributed by atoms with Gasteiger partial charge in [0.2, 0.25) is 0 Å². The molecule has 2 nitrogen and oxygen atoms in total. The van der Waals surface area contributed by atoms with Crippen LogP contribution >= 0.6 is 15.9 Å². The average molecular weight is 327 g/mol. The van der Waals surface area contributed by atoms with Gasteiger partial charge in [-0.25, -0.2) is 4.98 Å². The lowest BCUT2D eigenvalue weighted by Crippen LogP contribution is -3.00. The maximum atomic E-state index is 4.57. The van der Waals surface area contributed by atoms with Crippen LogP contribution in [0.25, 0.3) is 11.3 Å². The Kier molecular flexibility index (Phi) is 4.46. The Morgan fingerprint density at radius 2 is 1.83 bits per heavy atom. The molecule has 18 heavy (non-hydrogen) atoms. The fourth-order valence-corrected chi connectivity index (χ4v) is 2.71. The molecule has 1 aromatic carbocycles. The van der Waals surface area contributed by atoms with E-state index < -0.39 is 0 Å². The Morgan fingerprint density at radius 1 is 1.06 bits per heavy atom. The number of nitrogens with zero attached hydrogens (tertiary/aromatic N) is 2. The predicted octanol–water partition coefficient (Wildman–Crippen LogP) is 1.04. The number of aromatic nitrogens is 2. The second-order valence-corrected chi connectivity index (χ2v) is 5.44. The monoisotopic (exact) mass is 325 g/mol. The van der Waals surface area contributed by atoms with Gasteiger partial charge in [-0.05, 0) is 30.5 Å². The van der Waals surface area contributed by atoms with Crippen molar-refractivity contribution in [3.63, 3.8) is 0 Å². The fourth-order valence-electron chi connectivity index (χ4n) is 2.44. The summed E-state index contributed by atoms with van der Waals surface area (Å²) in [7, 11) is 0. The molecule has 0 saturated heterocycles. The van der Waals surface area contributed by atoms with E-state index in [0.717, 1.165) is 17.4 Å². The van der Waals surface area contributed by atoms with Gasteiger partial charge in [0, 0.05) is 17.4 Å². The third-order valence-corrected chi connectivity index (χ3v) is 3.89. The molecule has 0 saturated carbocycles. The van der Waals surface area contributed by atoms with Crippen LogP contribution in [0.5, 0.6) is 0 Å². The molecule has 0 radical (unpaired) electrons. The molecule has 4 heteroatoms.